The van der Waals surface area contributed by atoms with Crippen molar-refractivity contribution in [2.75, 3.05) is 52.9 Å². The van der Waals surface area contributed by atoms with Gasteiger partial charge in [0.2, 0.25) is 0 Å². The monoisotopic (exact) mass is 279 g/mol. The topological polar surface area (TPSA) is 9.72 Å². The average Bonchev–Trinajstić information content (AvgIpc) is 2.99. The second kappa shape index (κ2) is 7.24. The predicted molar refractivity (Wildman–Crippen MR) is 85.1 cm³/mol. The summed E-state index contributed by atoms with van der Waals surface area (Å²) in [6.07, 6.45) is 10.3. The van der Waals surface area contributed by atoms with E-state index in [0.717, 1.165) is 12.0 Å². The quantitative estimate of drug-likeness (QED) is 0.782. The van der Waals surface area contributed by atoms with E-state index >= 15 is 0 Å². The highest BCUT2D eigenvalue weighted by Crippen LogP contribution is 2.27. The van der Waals surface area contributed by atoms with E-state index < -0.39 is 0 Å². The number of piperidine rings is 1. The largest absolute Gasteiger partial charge is 0.305 e. The third kappa shape index (κ3) is 3.96. The summed E-state index contributed by atoms with van der Waals surface area (Å²) >= 11 is 0. The fourth-order valence-corrected chi connectivity index (χ4v) is 4.45. The summed E-state index contributed by atoms with van der Waals surface area (Å²) < 4.78 is 0. The SMILES string of the molecule is CN1CCCC(N2CCN(CCC3CCCC3)CC2)C1. The van der Waals surface area contributed by atoms with Gasteiger partial charge in [-0.3, -0.25) is 4.90 Å². The Morgan fingerprint density at radius 3 is 2.30 bits per heavy atom. The van der Waals surface area contributed by atoms with Gasteiger partial charge in [-0.05, 0) is 45.3 Å². The molecular formula is C17H33N3. The third-order valence-corrected chi connectivity index (χ3v) is 5.85. The van der Waals surface area contributed by atoms with Crippen LogP contribution in [0.25, 0.3) is 0 Å². The molecule has 20 heavy (non-hydrogen) atoms. The van der Waals surface area contributed by atoms with Gasteiger partial charge in [0.1, 0.15) is 0 Å². The molecule has 3 rings (SSSR count). The Morgan fingerprint density at radius 2 is 1.60 bits per heavy atom. The van der Waals surface area contributed by atoms with Crippen LogP contribution in [0.5, 0.6) is 0 Å². The maximum Gasteiger partial charge on any atom is 0.0224 e. The minimum absolute atomic E-state index is 0.839. The first-order valence-electron chi connectivity index (χ1n) is 8.96. The van der Waals surface area contributed by atoms with Gasteiger partial charge in [0, 0.05) is 38.8 Å². The highest BCUT2D eigenvalue weighted by molar-refractivity contribution is 4.83. The smallest absolute Gasteiger partial charge is 0.0224 e. The van der Waals surface area contributed by atoms with Crippen molar-refractivity contribution in [3.05, 3.63) is 0 Å². The molecule has 3 aliphatic rings. The molecule has 2 heterocycles. The number of likely N-dealkylation sites (tertiary alicyclic amines) is 1. The van der Waals surface area contributed by atoms with Gasteiger partial charge in [0.05, 0.1) is 0 Å². The second-order valence-corrected chi connectivity index (χ2v) is 7.38. The first-order chi connectivity index (χ1) is 9.81. The minimum atomic E-state index is 0.839. The lowest BCUT2D eigenvalue weighted by Gasteiger charge is -2.42. The van der Waals surface area contributed by atoms with Crippen LogP contribution >= 0.6 is 0 Å². The van der Waals surface area contributed by atoms with Crippen LogP contribution in [0.3, 0.4) is 0 Å². The van der Waals surface area contributed by atoms with Crippen LogP contribution < -0.4 is 0 Å². The number of piperazine rings is 1. The molecule has 0 radical (unpaired) electrons. The van der Waals surface area contributed by atoms with Gasteiger partial charge >= 0.3 is 0 Å². The summed E-state index contributed by atoms with van der Waals surface area (Å²) in [6.45, 7) is 9.20. The zero-order chi connectivity index (χ0) is 13.8. The highest BCUT2D eigenvalue weighted by Gasteiger charge is 2.27. The fraction of sp³-hybridized carbons (Fsp3) is 1.00. The lowest BCUT2D eigenvalue weighted by atomic mass is 10.0. The van der Waals surface area contributed by atoms with E-state index in [9.17, 15) is 0 Å². The summed E-state index contributed by atoms with van der Waals surface area (Å²) in [4.78, 5) is 8.00. The molecule has 3 nitrogen and oxygen atoms in total. The number of nitrogens with zero attached hydrogens (tertiary/aromatic N) is 3. The van der Waals surface area contributed by atoms with Crippen molar-refractivity contribution in [3.8, 4) is 0 Å². The lowest BCUT2D eigenvalue weighted by Crippen LogP contribution is -2.54. The molecule has 3 heteroatoms. The van der Waals surface area contributed by atoms with Crippen LogP contribution in [0.4, 0.5) is 0 Å². The molecule has 0 aromatic heterocycles. The van der Waals surface area contributed by atoms with E-state index in [2.05, 4.69) is 21.7 Å². The number of likely N-dealkylation sites (N-methyl/N-ethyl adjacent to an activating group) is 1. The molecule has 0 aromatic rings. The maximum absolute atomic E-state index is 2.77. The van der Waals surface area contributed by atoms with Crippen molar-refractivity contribution in [3.63, 3.8) is 0 Å². The fourth-order valence-electron chi connectivity index (χ4n) is 4.45. The number of hydrogen-bond donors (Lipinski definition) is 0. The van der Waals surface area contributed by atoms with Crippen LogP contribution in [-0.2, 0) is 0 Å². The average molecular weight is 279 g/mol. The Kier molecular flexibility index (Phi) is 5.36. The molecule has 3 fully saturated rings. The van der Waals surface area contributed by atoms with Crippen molar-refractivity contribution in [2.24, 2.45) is 5.92 Å². The van der Waals surface area contributed by atoms with Crippen LogP contribution in [-0.4, -0.2) is 73.6 Å². The van der Waals surface area contributed by atoms with E-state index in [1.165, 1.54) is 90.8 Å². The zero-order valence-corrected chi connectivity index (χ0v) is 13.4. The third-order valence-electron chi connectivity index (χ3n) is 5.85. The molecule has 0 bridgehead atoms. The van der Waals surface area contributed by atoms with Crippen LogP contribution in [0.2, 0.25) is 0 Å². The van der Waals surface area contributed by atoms with Gasteiger partial charge in [-0.1, -0.05) is 25.7 Å². The van der Waals surface area contributed by atoms with Gasteiger partial charge in [-0.25, -0.2) is 0 Å². The van der Waals surface area contributed by atoms with Crippen molar-refractivity contribution in [1.82, 2.24) is 14.7 Å². The van der Waals surface area contributed by atoms with E-state index in [1.807, 2.05) is 0 Å². The van der Waals surface area contributed by atoms with Crippen molar-refractivity contribution in [2.45, 2.75) is 51.0 Å². The number of rotatable bonds is 4. The van der Waals surface area contributed by atoms with Gasteiger partial charge < -0.3 is 9.80 Å². The Bertz CT molecular complexity index is 280. The van der Waals surface area contributed by atoms with E-state index in [4.69, 9.17) is 0 Å². The first-order valence-corrected chi connectivity index (χ1v) is 8.96. The molecule has 0 amide bonds. The number of hydrogen-bond acceptors (Lipinski definition) is 3. The predicted octanol–water partition coefficient (Wildman–Crippen LogP) is 2.28. The normalized spacial score (nSPS) is 31.9. The van der Waals surface area contributed by atoms with Gasteiger partial charge in [-0.15, -0.1) is 0 Å². The van der Waals surface area contributed by atoms with Gasteiger partial charge in [-0.2, -0.15) is 0 Å². The van der Waals surface area contributed by atoms with Crippen molar-refractivity contribution < 1.29 is 0 Å². The second-order valence-electron chi connectivity index (χ2n) is 7.38. The Morgan fingerprint density at radius 1 is 0.850 bits per heavy atom. The van der Waals surface area contributed by atoms with E-state index in [0.29, 0.717) is 0 Å². The summed E-state index contributed by atoms with van der Waals surface area (Å²) in [5, 5.41) is 0. The molecule has 116 valence electrons. The maximum atomic E-state index is 2.77. The van der Waals surface area contributed by atoms with Crippen molar-refractivity contribution >= 4 is 0 Å². The molecule has 1 saturated carbocycles. The van der Waals surface area contributed by atoms with Gasteiger partial charge in [0.25, 0.3) is 0 Å². The summed E-state index contributed by atoms with van der Waals surface area (Å²) in [6, 6.07) is 0.839. The molecule has 2 saturated heterocycles. The standard InChI is InChI=1S/C17H33N3/c1-18-9-4-7-17(15-18)20-13-11-19(12-14-20)10-8-16-5-2-3-6-16/h16-17H,2-15H2,1H3. The minimum Gasteiger partial charge on any atom is -0.305 e. The summed E-state index contributed by atoms with van der Waals surface area (Å²) in [5.74, 6) is 1.06. The van der Waals surface area contributed by atoms with Crippen LogP contribution in [0.1, 0.15) is 44.9 Å². The van der Waals surface area contributed by atoms with Crippen LogP contribution in [0.15, 0.2) is 0 Å². The molecule has 2 aliphatic heterocycles. The van der Waals surface area contributed by atoms with Crippen LogP contribution in [0, 0.1) is 5.92 Å². The highest BCUT2D eigenvalue weighted by atomic mass is 15.3. The first kappa shape index (κ1) is 14.8. The summed E-state index contributed by atoms with van der Waals surface area (Å²) in [7, 11) is 2.28. The summed E-state index contributed by atoms with van der Waals surface area (Å²) in [5.41, 5.74) is 0. The zero-order valence-electron chi connectivity index (χ0n) is 13.4. The van der Waals surface area contributed by atoms with Gasteiger partial charge in [0.15, 0.2) is 0 Å². The molecular weight excluding hydrogens is 246 g/mol. The molecule has 1 unspecified atom stereocenters. The molecule has 0 spiro atoms. The Labute approximate surface area is 125 Å². The van der Waals surface area contributed by atoms with E-state index in [1.54, 1.807) is 0 Å². The van der Waals surface area contributed by atoms with E-state index in [-0.39, 0.29) is 0 Å². The Balaban J connectivity index is 1.35. The molecule has 1 atom stereocenters. The molecule has 0 aromatic carbocycles. The van der Waals surface area contributed by atoms with Crippen molar-refractivity contribution in [1.29, 1.82) is 0 Å². The Hall–Kier alpha value is -0.120. The molecule has 0 N–H and O–H groups in total. The molecule has 1 aliphatic carbocycles. The lowest BCUT2D eigenvalue weighted by molar-refractivity contribution is 0.0576.